The quantitative estimate of drug-likeness (QED) is 0.0379. The first-order valence-corrected chi connectivity index (χ1v) is 15.6. The number of nitrogens with two attached hydrogens (primary N) is 1. The van der Waals surface area contributed by atoms with Gasteiger partial charge in [0.25, 0.3) is 0 Å². The monoisotopic (exact) mass is 687 g/mol. The van der Waals surface area contributed by atoms with Crippen LogP contribution in [0.25, 0.3) is 0 Å². The normalized spacial score (nSPS) is 21.7. The van der Waals surface area contributed by atoms with E-state index in [1.165, 1.54) is 0 Å². The highest BCUT2D eigenvalue weighted by Gasteiger charge is 2.37. The lowest BCUT2D eigenvalue weighted by molar-refractivity contribution is -0.200. The number of aliphatic hydroxyl groups is 3. The van der Waals surface area contributed by atoms with Gasteiger partial charge in [-0.3, -0.25) is 18.6 Å². The summed E-state index contributed by atoms with van der Waals surface area (Å²) in [7, 11) is -4.56. The van der Waals surface area contributed by atoms with E-state index < -0.39 is 63.6 Å². The molecule has 0 aromatic carbocycles. The van der Waals surface area contributed by atoms with Crippen LogP contribution in [-0.4, -0.2) is 150 Å². The van der Waals surface area contributed by atoms with Gasteiger partial charge in [0.1, 0.15) is 36.7 Å². The zero-order valence-corrected chi connectivity index (χ0v) is 26.1. The van der Waals surface area contributed by atoms with Crippen LogP contribution in [0.15, 0.2) is 6.20 Å². The first kappa shape index (κ1) is 39.4. The van der Waals surface area contributed by atoms with E-state index in [4.69, 9.17) is 38.5 Å². The van der Waals surface area contributed by atoms with Crippen molar-refractivity contribution < 1.29 is 76.6 Å². The molecule has 1 saturated heterocycles. The summed E-state index contributed by atoms with van der Waals surface area (Å²) in [5, 5.41) is 39.5. The topological polar surface area (TPSA) is 292 Å². The van der Waals surface area contributed by atoms with Gasteiger partial charge in [-0.05, 0) is 0 Å². The van der Waals surface area contributed by atoms with Crippen LogP contribution in [0.4, 0.5) is 4.79 Å². The number of esters is 1. The van der Waals surface area contributed by atoms with Crippen molar-refractivity contribution >= 4 is 25.8 Å². The van der Waals surface area contributed by atoms with Crippen LogP contribution in [0.5, 0.6) is 0 Å². The summed E-state index contributed by atoms with van der Waals surface area (Å²) < 4.78 is 53.8. The second kappa shape index (κ2) is 21.1. The van der Waals surface area contributed by atoms with Gasteiger partial charge in [0, 0.05) is 19.9 Å². The van der Waals surface area contributed by atoms with Gasteiger partial charge in [-0.1, -0.05) is 5.21 Å². The van der Waals surface area contributed by atoms with Crippen molar-refractivity contribution in [1.29, 1.82) is 0 Å². The molecule has 1 unspecified atom stereocenters. The van der Waals surface area contributed by atoms with E-state index in [2.05, 4.69) is 20.4 Å². The Morgan fingerprint density at radius 1 is 1.09 bits per heavy atom. The molecule has 0 radical (unpaired) electrons. The van der Waals surface area contributed by atoms with Gasteiger partial charge < -0.3 is 59.7 Å². The lowest BCUT2D eigenvalue weighted by atomic mass is 10.0. The molecule has 1 aliphatic heterocycles. The molecule has 0 aliphatic carbocycles. The Morgan fingerprint density at radius 3 is 2.54 bits per heavy atom. The van der Waals surface area contributed by atoms with Crippen LogP contribution in [0.2, 0.25) is 0 Å². The number of nitrogens with one attached hydrogen (secondary N) is 1. The van der Waals surface area contributed by atoms with Crippen molar-refractivity contribution in [1.82, 2.24) is 20.3 Å². The van der Waals surface area contributed by atoms with Crippen molar-refractivity contribution in [3.8, 4) is 0 Å². The SMILES string of the molecule is CC(=O)O[C@H](COC(N)=O)COP(=O)(O)OCCNC(=O)CCOCCOCCn1cc(COC[C@H]2OC[C@H](O)[C@@H](O)[C@@H]2O)nn1. The van der Waals surface area contributed by atoms with E-state index >= 15 is 0 Å². The fraction of sp³-hybridized carbons (Fsp3) is 0.792. The predicted molar refractivity (Wildman–Crippen MR) is 150 cm³/mol. The molecule has 21 nitrogen and oxygen atoms in total. The van der Waals surface area contributed by atoms with Crippen molar-refractivity contribution in [3.63, 3.8) is 0 Å². The van der Waals surface area contributed by atoms with Crippen molar-refractivity contribution in [2.45, 2.75) is 57.0 Å². The van der Waals surface area contributed by atoms with E-state index in [1.54, 1.807) is 10.9 Å². The van der Waals surface area contributed by atoms with Crippen LogP contribution < -0.4 is 11.1 Å². The molecule has 264 valence electrons. The predicted octanol–water partition coefficient (Wildman–Crippen LogP) is -3.02. The zero-order chi connectivity index (χ0) is 34.0. The Balaban J connectivity index is 1.45. The summed E-state index contributed by atoms with van der Waals surface area (Å²) in [6.07, 6.45) is -5.10. The van der Waals surface area contributed by atoms with Crippen LogP contribution in [0.3, 0.4) is 0 Å². The number of nitrogens with zero attached hydrogens (tertiary/aromatic N) is 3. The van der Waals surface area contributed by atoms with Gasteiger partial charge >= 0.3 is 19.9 Å². The number of hydrogen-bond acceptors (Lipinski definition) is 17. The molecular formula is C24H42N5O16P. The lowest BCUT2D eigenvalue weighted by Crippen LogP contribution is -2.54. The number of carbonyl (C=O) groups excluding carboxylic acids is 3. The van der Waals surface area contributed by atoms with Gasteiger partial charge in [0.15, 0.2) is 6.10 Å². The molecule has 2 rings (SSSR count). The second-order valence-corrected chi connectivity index (χ2v) is 11.1. The number of primary amides is 1. The molecule has 0 spiro atoms. The summed E-state index contributed by atoms with van der Waals surface area (Å²) in [5.74, 6) is -1.13. The Labute approximate surface area is 263 Å². The minimum Gasteiger partial charge on any atom is -0.456 e. The number of ether oxygens (including phenoxy) is 6. The first-order valence-electron chi connectivity index (χ1n) is 14.1. The van der Waals surface area contributed by atoms with Crippen molar-refractivity contribution in [2.75, 3.05) is 66.0 Å². The molecule has 7 N–H and O–H groups in total. The van der Waals surface area contributed by atoms with Crippen LogP contribution in [0.1, 0.15) is 19.0 Å². The average molecular weight is 688 g/mol. The van der Waals surface area contributed by atoms with Gasteiger partial charge in [-0.25, -0.2) is 14.0 Å². The molecule has 1 aromatic heterocycles. The third kappa shape index (κ3) is 16.7. The molecule has 2 amide bonds. The summed E-state index contributed by atoms with van der Waals surface area (Å²) in [5.41, 5.74) is 5.37. The molecule has 1 aromatic rings. The fourth-order valence-electron chi connectivity index (χ4n) is 3.63. The lowest BCUT2D eigenvalue weighted by Gasteiger charge is -2.34. The maximum absolute atomic E-state index is 12.0. The Kier molecular flexibility index (Phi) is 18.1. The molecular weight excluding hydrogens is 645 g/mol. The highest BCUT2D eigenvalue weighted by Crippen LogP contribution is 2.43. The Morgan fingerprint density at radius 2 is 1.83 bits per heavy atom. The Hall–Kier alpha value is -2.82. The summed E-state index contributed by atoms with van der Waals surface area (Å²) in [4.78, 5) is 43.4. The number of amides is 2. The van der Waals surface area contributed by atoms with Crippen LogP contribution >= 0.6 is 7.82 Å². The maximum Gasteiger partial charge on any atom is 0.472 e. The minimum atomic E-state index is -4.56. The second-order valence-electron chi connectivity index (χ2n) is 9.69. The third-order valence-electron chi connectivity index (χ3n) is 5.88. The van der Waals surface area contributed by atoms with E-state index in [9.17, 15) is 39.2 Å². The van der Waals surface area contributed by atoms with Crippen LogP contribution in [-0.2, 0) is 64.8 Å². The largest absolute Gasteiger partial charge is 0.472 e. The van der Waals surface area contributed by atoms with E-state index in [0.717, 1.165) is 6.92 Å². The van der Waals surface area contributed by atoms with E-state index in [0.29, 0.717) is 18.8 Å². The molecule has 0 bridgehead atoms. The van der Waals surface area contributed by atoms with Crippen molar-refractivity contribution in [3.05, 3.63) is 11.9 Å². The zero-order valence-electron chi connectivity index (χ0n) is 25.2. The molecule has 0 saturated carbocycles. The van der Waals surface area contributed by atoms with Gasteiger partial charge in [-0.2, -0.15) is 0 Å². The van der Waals surface area contributed by atoms with E-state index in [-0.39, 0.29) is 65.1 Å². The van der Waals surface area contributed by atoms with Gasteiger partial charge in [0.05, 0.1) is 72.2 Å². The molecule has 22 heteroatoms. The number of phosphoric ester groups is 1. The maximum atomic E-state index is 12.0. The highest BCUT2D eigenvalue weighted by molar-refractivity contribution is 7.47. The number of phosphoric acid groups is 1. The number of hydrogen-bond donors (Lipinski definition) is 6. The molecule has 1 aliphatic rings. The Bertz CT molecular complexity index is 1110. The minimum absolute atomic E-state index is 0.000377. The van der Waals surface area contributed by atoms with E-state index in [1.807, 2.05) is 0 Å². The third-order valence-corrected chi connectivity index (χ3v) is 6.87. The highest BCUT2D eigenvalue weighted by atomic mass is 31.2. The molecule has 2 heterocycles. The summed E-state index contributed by atoms with van der Waals surface area (Å²) in [6, 6.07) is 0. The fourth-order valence-corrected chi connectivity index (χ4v) is 4.38. The number of aromatic nitrogens is 3. The number of aliphatic hydroxyl groups excluding tert-OH is 3. The summed E-state index contributed by atoms with van der Waals surface area (Å²) in [6.45, 7) is 0.861. The number of carbonyl (C=O) groups is 3. The van der Waals surface area contributed by atoms with Gasteiger partial charge in [-0.15, -0.1) is 5.10 Å². The van der Waals surface area contributed by atoms with Gasteiger partial charge in [0.2, 0.25) is 5.91 Å². The summed E-state index contributed by atoms with van der Waals surface area (Å²) >= 11 is 0. The molecule has 1 fully saturated rings. The first-order chi connectivity index (χ1) is 21.9. The van der Waals surface area contributed by atoms with Crippen molar-refractivity contribution in [2.24, 2.45) is 5.73 Å². The average Bonchev–Trinajstić information content (AvgIpc) is 3.45. The molecule has 6 atom stereocenters. The smallest absolute Gasteiger partial charge is 0.456 e. The number of rotatable bonds is 23. The van der Waals surface area contributed by atoms with Crippen LogP contribution in [0, 0.1) is 0 Å². The standard InChI is InChI=1S/C24H42N5O16P/c1-16(30)45-18(12-42-24(25)35)13-44-46(36,37)43-6-3-26-21(32)2-5-38-8-9-39-7-4-29-10-17(27-28-29)11-40-15-20-23(34)22(33)19(31)14-41-20/h10,18-20,22-23,31,33-34H,2-9,11-15H2,1H3,(H2,25,35)(H,26,32)(H,36,37)/t18-,19+,20-,22-,23-/m1/s1. The molecule has 46 heavy (non-hydrogen) atoms.